The van der Waals surface area contributed by atoms with Crippen molar-refractivity contribution in [1.82, 2.24) is 0 Å². The third kappa shape index (κ3) is 2.10. The van der Waals surface area contributed by atoms with Crippen molar-refractivity contribution in [2.24, 2.45) is 0 Å². The molecule has 2 nitrogen and oxygen atoms in total. The summed E-state index contributed by atoms with van der Waals surface area (Å²) in [4.78, 5) is 11.6. The smallest absolute Gasteiger partial charge is 0.178 e. The number of carbonyl (C=O) groups excluding carboxylic acids is 1. The first-order valence-electron chi connectivity index (χ1n) is 4.04. The van der Waals surface area contributed by atoms with E-state index in [-0.39, 0.29) is 11.1 Å². The molecule has 0 aliphatic rings. The molecule has 4 heteroatoms. The second kappa shape index (κ2) is 4.80. The number of ketones is 1. The molecule has 0 unspecified atom stereocenters. The predicted molar refractivity (Wildman–Crippen MR) is 60.9 cm³/mol. The number of carbonyl (C=O) groups is 1. The fourth-order valence-corrected chi connectivity index (χ4v) is 1.70. The Labute approximate surface area is 96.3 Å². The normalized spacial score (nSPS) is 10.0. The number of ether oxygens (including phenoxy) is 1. The second-order valence-corrected chi connectivity index (χ2v) is 3.77. The van der Waals surface area contributed by atoms with Crippen molar-refractivity contribution in [3.05, 3.63) is 28.3 Å². The van der Waals surface area contributed by atoms with Crippen LogP contribution in [0.25, 0.3) is 0 Å². The Kier molecular flexibility index (Phi) is 3.96. The zero-order valence-electron chi connectivity index (χ0n) is 7.93. The van der Waals surface area contributed by atoms with Gasteiger partial charge in [0.25, 0.3) is 0 Å². The lowest BCUT2D eigenvalue weighted by Crippen LogP contribution is -2.05. The highest BCUT2D eigenvalue weighted by atomic mass is 79.9. The maximum atomic E-state index is 11.6. The van der Waals surface area contributed by atoms with E-state index in [2.05, 4.69) is 15.9 Å². The Bertz CT molecular complexity index is 363. The average Bonchev–Trinajstić information content (AvgIpc) is 2.20. The molecule has 0 heterocycles. The molecule has 0 atom stereocenters. The Hall–Kier alpha value is -0.540. The van der Waals surface area contributed by atoms with Crippen molar-refractivity contribution in [2.45, 2.75) is 6.92 Å². The molecule has 0 aliphatic heterocycles. The number of halogens is 2. The lowest BCUT2D eigenvalue weighted by Gasteiger charge is -2.09. The van der Waals surface area contributed by atoms with Gasteiger partial charge in [0.1, 0.15) is 5.75 Å². The van der Waals surface area contributed by atoms with E-state index in [1.807, 2.05) is 13.0 Å². The summed E-state index contributed by atoms with van der Waals surface area (Å²) in [6.07, 6.45) is 0. The van der Waals surface area contributed by atoms with Crippen LogP contribution in [-0.2, 0) is 0 Å². The Balaban J connectivity index is 3.35. The summed E-state index contributed by atoms with van der Waals surface area (Å²) in [5.41, 5.74) is 1.32. The minimum Gasteiger partial charge on any atom is -0.496 e. The minimum absolute atomic E-state index is 0.0736. The van der Waals surface area contributed by atoms with Crippen LogP contribution in [0, 0.1) is 6.92 Å². The zero-order valence-corrected chi connectivity index (χ0v) is 10.3. The number of rotatable bonds is 3. The first kappa shape index (κ1) is 11.5. The van der Waals surface area contributed by atoms with E-state index in [1.54, 1.807) is 6.07 Å². The molecule has 0 spiro atoms. The molecular formula is C10H10BrClO2. The van der Waals surface area contributed by atoms with E-state index in [0.29, 0.717) is 16.3 Å². The zero-order chi connectivity index (χ0) is 10.7. The fourth-order valence-electron chi connectivity index (χ4n) is 1.16. The maximum Gasteiger partial charge on any atom is 0.178 e. The molecule has 0 amide bonds. The number of methoxy groups -OCH3 is 1. The lowest BCUT2D eigenvalue weighted by atomic mass is 10.1. The van der Waals surface area contributed by atoms with Crippen LogP contribution < -0.4 is 4.74 Å². The molecule has 0 radical (unpaired) electrons. The van der Waals surface area contributed by atoms with E-state index < -0.39 is 0 Å². The maximum absolute atomic E-state index is 11.6. The predicted octanol–water partition coefficient (Wildman–Crippen LogP) is 3.23. The van der Waals surface area contributed by atoms with Gasteiger partial charge in [-0.05, 0) is 18.6 Å². The molecule has 0 N–H and O–H groups in total. The van der Waals surface area contributed by atoms with E-state index in [1.165, 1.54) is 7.11 Å². The Morgan fingerprint density at radius 3 is 2.71 bits per heavy atom. The van der Waals surface area contributed by atoms with Gasteiger partial charge in [0.15, 0.2) is 5.78 Å². The van der Waals surface area contributed by atoms with Gasteiger partial charge in [-0.15, -0.1) is 0 Å². The number of Topliss-reactive ketones (excluding diaryl/α,β-unsaturated/α-hetero) is 1. The standard InChI is InChI=1S/C10H10BrClO2/c1-6-3-4-8(14-2)9(10(6)12)7(13)5-11/h3-4H,5H2,1-2H3. The molecular weight excluding hydrogens is 267 g/mol. The summed E-state index contributed by atoms with van der Waals surface area (Å²) in [7, 11) is 1.52. The highest BCUT2D eigenvalue weighted by Gasteiger charge is 2.16. The van der Waals surface area contributed by atoms with Gasteiger partial charge in [-0.25, -0.2) is 0 Å². The van der Waals surface area contributed by atoms with Crippen LogP contribution in [0.2, 0.25) is 5.02 Å². The van der Waals surface area contributed by atoms with Gasteiger partial charge in [-0.1, -0.05) is 33.6 Å². The number of hydrogen-bond acceptors (Lipinski definition) is 2. The number of aryl methyl sites for hydroxylation is 1. The van der Waals surface area contributed by atoms with Crippen molar-refractivity contribution in [2.75, 3.05) is 12.4 Å². The number of benzene rings is 1. The van der Waals surface area contributed by atoms with Gasteiger partial charge in [0.05, 0.1) is 23.0 Å². The van der Waals surface area contributed by atoms with Crippen LogP contribution in [0.3, 0.4) is 0 Å². The monoisotopic (exact) mass is 276 g/mol. The Morgan fingerprint density at radius 1 is 1.57 bits per heavy atom. The lowest BCUT2D eigenvalue weighted by molar-refractivity contribution is 0.102. The summed E-state index contributed by atoms with van der Waals surface area (Å²) in [5, 5.41) is 0.709. The van der Waals surface area contributed by atoms with Gasteiger partial charge < -0.3 is 4.74 Å². The van der Waals surface area contributed by atoms with Gasteiger partial charge >= 0.3 is 0 Å². The molecule has 76 valence electrons. The first-order valence-corrected chi connectivity index (χ1v) is 5.54. The van der Waals surface area contributed by atoms with Gasteiger partial charge in [-0.2, -0.15) is 0 Å². The molecule has 0 aliphatic carbocycles. The summed E-state index contributed by atoms with van der Waals surface area (Å²) in [6, 6.07) is 3.57. The van der Waals surface area contributed by atoms with Crippen molar-refractivity contribution in [3.63, 3.8) is 0 Å². The highest BCUT2D eigenvalue weighted by Crippen LogP contribution is 2.30. The van der Waals surface area contributed by atoms with E-state index in [0.717, 1.165) is 5.56 Å². The molecule has 1 aromatic carbocycles. The third-order valence-corrected chi connectivity index (χ3v) is 2.91. The van der Waals surface area contributed by atoms with E-state index in [9.17, 15) is 4.79 Å². The number of alkyl halides is 1. The Morgan fingerprint density at radius 2 is 2.21 bits per heavy atom. The first-order chi connectivity index (χ1) is 6.61. The van der Waals surface area contributed by atoms with Crippen molar-refractivity contribution < 1.29 is 9.53 Å². The SMILES string of the molecule is COc1ccc(C)c(Cl)c1C(=O)CBr. The summed E-state index contributed by atoms with van der Waals surface area (Å²) < 4.78 is 5.08. The third-order valence-electron chi connectivity index (χ3n) is 1.92. The topological polar surface area (TPSA) is 26.3 Å². The molecule has 14 heavy (non-hydrogen) atoms. The quantitative estimate of drug-likeness (QED) is 0.626. The second-order valence-electron chi connectivity index (χ2n) is 2.83. The van der Waals surface area contributed by atoms with Crippen LogP contribution in [0.5, 0.6) is 5.75 Å². The van der Waals surface area contributed by atoms with Gasteiger partial charge in [0.2, 0.25) is 0 Å². The molecule has 0 saturated heterocycles. The fraction of sp³-hybridized carbons (Fsp3) is 0.300. The summed E-state index contributed by atoms with van der Waals surface area (Å²) in [5.74, 6) is 0.445. The molecule has 1 aromatic rings. The largest absolute Gasteiger partial charge is 0.496 e. The molecule has 0 aromatic heterocycles. The van der Waals surface area contributed by atoms with Crippen molar-refractivity contribution in [1.29, 1.82) is 0 Å². The van der Waals surface area contributed by atoms with Gasteiger partial charge in [0, 0.05) is 0 Å². The minimum atomic E-state index is -0.0736. The van der Waals surface area contributed by atoms with Crippen molar-refractivity contribution in [3.8, 4) is 5.75 Å². The average molecular weight is 278 g/mol. The number of hydrogen-bond donors (Lipinski definition) is 0. The van der Waals surface area contributed by atoms with Crippen LogP contribution in [0.1, 0.15) is 15.9 Å². The summed E-state index contributed by atoms with van der Waals surface area (Å²) >= 11 is 9.14. The van der Waals surface area contributed by atoms with Crippen LogP contribution in [0.15, 0.2) is 12.1 Å². The summed E-state index contributed by atoms with van der Waals surface area (Å²) in [6.45, 7) is 1.85. The van der Waals surface area contributed by atoms with E-state index in [4.69, 9.17) is 16.3 Å². The molecule has 0 saturated carbocycles. The van der Waals surface area contributed by atoms with Crippen LogP contribution >= 0.6 is 27.5 Å². The van der Waals surface area contributed by atoms with Crippen LogP contribution in [0.4, 0.5) is 0 Å². The van der Waals surface area contributed by atoms with E-state index >= 15 is 0 Å². The highest BCUT2D eigenvalue weighted by molar-refractivity contribution is 9.09. The van der Waals surface area contributed by atoms with Crippen LogP contribution in [-0.4, -0.2) is 18.2 Å². The molecule has 0 fully saturated rings. The van der Waals surface area contributed by atoms with Gasteiger partial charge in [-0.3, -0.25) is 4.79 Å². The molecule has 1 rings (SSSR count). The van der Waals surface area contributed by atoms with Crippen molar-refractivity contribution >= 4 is 33.3 Å². The molecule has 0 bridgehead atoms.